The molecular weight excluding hydrogens is 232 g/mol. The lowest BCUT2D eigenvalue weighted by molar-refractivity contribution is 0.415. The van der Waals surface area contributed by atoms with Crippen molar-refractivity contribution >= 4 is 26.4 Å². The predicted molar refractivity (Wildman–Crippen MR) is 73.5 cm³/mol. The number of methoxy groups -OCH3 is 1. The second-order valence-corrected chi connectivity index (χ2v) is 5.29. The van der Waals surface area contributed by atoms with Gasteiger partial charge in [-0.25, -0.2) is 0 Å². The summed E-state index contributed by atoms with van der Waals surface area (Å²) in [5.74, 6) is 0.936. The van der Waals surface area contributed by atoms with Crippen LogP contribution in [0.5, 0.6) is 5.75 Å². The molecule has 0 radical (unpaired) electrons. The Morgan fingerprint density at radius 2 is 2.06 bits per heavy atom. The number of rotatable bonds is 2. The predicted octanol–water partition coefficient (Wildman–Crippen LogP) is 2.32. The average Bonchev–Trinajstić information content (AvgIpc) is 2.82. The highest BCUT2D eigenvalue weighted by Crippen LogP contribution is 2.34. The Kier molecular flexibility index (Phi) is 2.91. The molecule has 0 aliphatic carbocycles. The molecule has 4 heteroatoms. The van der Waals surface area contributed by atoms with Crippen molar-refractivity contribution < 1.29 is 4.74 Å². The van der Waals surface area contributed by atoms with Crippen LogP contribution in [0.2, 0.25) is 0 Å². The molecule has 1 saturated heterocycles. The maximum atomic E-state index is 5.26. The third-order valence-electron chi connectivity index (χ3n) is 3.14. The number of anilines is 1. The Balaban J connectivity index is 1.95. The Morgan fingerprint density at radius 1 is 1.24 bits per heavy atom. The van der Waals surface area contributed by atoms with Gasteiger partial charge in [0.2, 0.25) is 0 Å². The van der Waals surface area contributed by atoms with Crippen LogP contribution in [0, 0.1) is 0 Å². The second-order valence-electron chi connectivity index (χ2n) is 4.23. The zero-order valence-corrected chi connectivity index (χ0v) is 10.7. The van der Waals surface area contributed by atoms with E-state index in [-0.39, 0.29) is 0 Å². The zero-order valence-electron chi connectivity index (χ0n) is 9.90. The number of nitrogens with zero attached hydrogens (tertiary/aromatic N) is 1. The van der Waals surface area contributed by atoms with Crippen LogP contribution in [0.15, 0.2) is 24.3 Å². The van der Waals surface area contributed by atoms with E-state index in [1.54, 1.807) is 7.11 Å². The lowest BCUT2D eigenvalue weighted by Crippen LogP contribution is -2.43. The molecule has 0 bridgehead atoms. The van der Waals surface area contributed by atoms with E-state index in [2.05, 4.69) is 28.4 Å². The van der Waals surface area contributed by atoms with E-state index in [9.17, 15) is 0 Å². The Morgan fingerprint density at radius 3 is 2.82 bits per heavy atom. The maximum Gasteiger partial charge on any atom is 0.120 e. The van der Waals surface area contributed by atoms with Crippen molar-refractivity contribution in [2.24, 2.45) is 0 Å². The molecule has 0 saturated carbocycles. The Bertz CT molecular complexity index is 517. The number of nitrogens with one attached hydrogen (secondary N) is 1. The fourth-order valence-corrected chi connectivity index (χ4v) is 3.31. The summed E-state index contributed by atoms with van der Waals surface area (Å²) in [6.07, 6.45) is 0. The lowest BCUT2D eigenvalue weighted by atomic mass is 10.2. The largest absolute Gasteiger partial charge is 0.497 e. The van der Waals surface area contributed by atoms with E-state index < -0.39 is 0 Å². The first-order valence-electron chi connectivity index (χ1n) is 5.90. The summed E-state index contributed by atoms with van der Waals surface area (Å²) in [7, 11) is 1.71. The van der Waals surface area contributed by atoms with Crippen LogP contribution in [0.3, 0.4) is 0 Å². The molecule has 2 heterocycles. The molecule has 2 aromatic rings. The van der Waals surface area contributed by atoms with Gasteiger partial charge in [-0.1, -0.05) is 0 Å². The quantitative estimate of drug-likeness (QED) is 0.882. The van der Waals surface area contributed by atoms with E-state index >= 15 is 0 Å². The van der Waals surface area contributed by atoms with Gasteiger partial charge < -0.3 is 15.0 Å². The van der Waals surface area contributed by atoms with Gasteiger partial charge in [0.05, 0.1) is 12.1 Å². The molecule has 3 nitrogen and oxygen atoms in total. The van der Waals surface area contributed by atoms with E-state index in [1.165, 1.54) is 15.1 Å². The van der Waals surface area contributed by atoms with Gasteiger partial charge in [0.1, 0.15) is 5.75 Å². The minimum absolute atomic E-state index is 0.936. The first-order chi connectivity index (χ1) is 8.36. The number of ether oxygens (including phenoxy) is 1. The molecule has 17 heavy (non-hydrogen) atoms. The smallest absolute Gasteiger partial charge is 0.120 e. The third-order valence-corrected chi connectivity index (χ3v) is 4.30. The molecule has 1 aromatic heterocycles. The van der Waals surface area contributed by atoms with Crippen molar-refractivity contribution in [3.63, 3.8) is 0 Å². The van der Waals surface area contributed by atoms with Crippen molar-refractivity contribution in [3.8, 4) is 5.75 Å². The zero-order chi connectivity index (χ0) is 11.7. The minimum atomic E-state index is 0.936. The highest BCUT2D eigenvalue weighted by Gasteiger charge is 2.13. The molecule has 3 rings (SSSR count). The van der Waals surface area contributed by atoms with E-state index in [0.717, 1.165) is 31.9 Å². The molecule has 0 spiro atoms. The topological polar surface area (TPSA) is 24.5 Å². The van der Waals surface area contributed by atoms with Gasteiger partial charge in [-0.3, -0.25) is 0 Å². The Hall–Kier alpha value is -1.26. The number of fused-ring (bicyclic) bond motifs is 1. The van der Waals surface area contributed by atoms with Crippen molar-refractivity contribution in [3.05, 3.63) is 24.3 Å². The number of piperazine rings is 1. The summed E-state index contributed by atoms with van der Waals surface area (Å²) in [5.41, 5.74) is 0. The van der Waals surface area contributed by atoms with E-state index in [1.807, 2.05) is 17.4 Å². The first kappa shape index (κ1) is 10.9. The molecule has 1 N–H and O–H groups in total. The van der Waals surface area contributed by atoms with Gasteiger partial charge in [-0.05, 0) is 29.7 Å². The number of hydrogen-bond acceptors (Lipinski definition) is 4. The van der Waals surface area contributed by atoms with Crippen LogP contribution < -0.4 is 15.0 Å². The van der Waals surface area contributed by atoms with Crippen LogP contribution in [-0.4, -0.2) is 33.3 Å². The molecule has 1 aromatic carbocycles. The molecule has 0 atom stereocenters. The average molecular weight is 248 g/mol. The molecule has 0 unspecified atom stereocenters. The molecule has 1 fully saturated rings. The fraction of sp³-hybridized carbons (Fsp3) is 0.385. The number of benzene rings is 1. The molecule has 1 aliphatic rings. The van der Waals surface area contributed by atoms with Gasteiger partial charge >= 0.3 is 0 Å². The highest BCUT2D eigenvalue weighted by atomic mass is 32.1. The lowest BCUT2D eigenvalue weighted by Gasteiger charge is -2.27. The van der Waals surface area contributed by atoms with Crippen molar-refractivity contribution in [1.29, 1.82) is 0 Å². The summed E-state index contributed by atoms with van der Waals surface area (Å²) in [5, 5.41) is 6.06. The Labute approximate surface area is 105 Å². The molecule has 1 aliphatic heterocycles. The van der Waals surface area contributed by atoms with E-state index in [0.29, 0.717) is 0 Å². The SMILES string of the molecule is COc1ccc2cc(N3CCNCC3)sc2c1. The van der Waals surface area contributed by atoms with Crippen LogP contribution >= 0.6 is 11.3 Å². The summed E-state index contributed by atoms with van der Waals surface area (Å²) in [6.45, 7) is 4.36. The van der Waals surface area contributed by atoms with Crippen LogP contribution in [0.1, 0.15) is 0 Å². The normalized spacial score (nSPS) is 16.4. The maximum absolute atomic E-state index is 5.26. The van der Waals surface area contributed by atoms with Gasteiger partial charge in [0, 0.05) is 30.9 Å². The highest BCUT2D eigenvalue weighted by molar-refractivity contribution is 7.22. The molecule has 90 valence electrons. The van der Waals surface area contributed by atoms with Crippen molar-refractivity contribution in [2.75, 3.05) is 38.2 Å². The van der Waals surface area contributed by atoms with Crippen molar-refractivity contribution in [1.82, 2.24) is 5.32 Å². The summed E-state index contributed by atoms with van der Waals surface area (Å²) in [6, 6.07) is 8.56. The first-order valence-corrected chi connectivity index (χ1v) is 6.72. The van der Waals surface area contributed by atoms with Gasteiger partial charge in [-0.15, -0.1) is 11.3 Å². The summed E-state index contributed by atoms with van der Waals surface area (Å²) < 4.78 is 6.56. The third kappa shape index (κ3) is 2.10. The standard InChI is InChI=1S/C13H16N2OS/c1-16-11-3-2-10-8-13(17-12(10)9-11)15-6-4-14-5-7-15/h2-3,8-9,14H,4-7H2,1H3. The summed E-state index contributed by atoms with van der Waals surface area (Å²) >= 11 is 1.85. The fourth-order valence-electron chi connectivity index (χ4n) is 2.17. The molecular formula is C13H16N2OS. The molecule has 0 amide bonds. The monoisotopic (exact) mass is 248 g/mol. The van der Waals surface area contributed by atoms with Crippen molar-refractivity contribution in [2.45, 2.75) is 0 Å². The van der Waals surface area contributed by atoms with Gasteiger partial charge in [0.15, 0.2) is 0 Å². The van der Waals surface area contributed by atoms with Crippen LogP contribution in [-0.2, 0) is 0 Å². The second kappa shape index (κ2) is 4.55. The summed E-state index contributed by atoms with van der Waals surface area (Å²) in [4.78, 5) is 2.45. The van der Waals surface area contributed by atoms with Crippen LogP contribution in [0.25, 0.3) is 10.1 Å². The minimum Gasteiger partial charge on any atom is -0.497 e. The van der Waals surface area contributed by atoms with E-state index in [4.69, 9.17) is 4.74 Å². The van der Waals surface area contributed by atoms with Crippen LogP contribution in [0.4, 0.5) is 5.00 Å². The van der Waals surface area contributed by atoms with Gasteiger partial charge in [0.25, 0.3) is 0 Å². The number of hydrogen-bond donors (Lipinski definition) is 1. The number of thiophene rings is 1. The van der Waals surface area contributed by atoms with Gasteiger partial charge in [-0.2, -0.15) is 0 Å².